The largest absolute Gasteiger partial charge is 0.497 e. The molecule has 0 amide bonds. The predicted octanol–water partition coefficient (Wildman–Crippen LogP) is 1.79. The highest BCUT2D eigenvalue weighted by Crippen LogP contribution is 2.19. The molecule has 3 heteroatoms. The molecule has 82 valence electrons. The fourth-order valence-corrected chi connectivity index (χ4v) is 1.46. The highest BCUT2D eigenvalue weighted by molar-refractivity contribution is 5.78. The van der Waals surface area contributed by atoms with Gasteiger partial charge in [-0.1, -0.05) is 6.07 Å². The molecule has 1 aromatic rings. The first-order valence-corrected chi connectivity index (χ1v) is 4.87. The number of hydrogen-bond donors (Lipinski definition) is 1. The Morgan fingerprint density at radius 2 is 2.13 bits per heavy atom. The van der Waals surface area contributed by atoms with Gasteiger partial charge in [0.25, 0.3) is 0 Å². The normalized spacial score (nSPS) is 11.2. The van der Waals surface area contributed by atoms with Gasteiger partial charge in [0.2, 0.25) is 0 Å². The summed E-state index contributed by atoms with van der Waals surface area (Å²) in [6.45, 7) is 3.87. The molecule has 0 aliphatic carbocycles. The molecule has 0 bridgehead atoms. The summed E-state index contributed by atoms with van der Waals surface area (Å²) in [6.07, 6.45) is 1.51. The Labute approximate surface area is 90.2 Å². The van der Waals surface area contributed by atoms with Crippen LogP contribution in [-0.4, -0.2) is 18.9 Å². The van der Waals surface area contributed by atoms with Crippen molar-refractivity contribution in [3.8, 4) is 5.75 Å². The highest BCUT2D eigenvalue weighted by atomic mass is 16.5. The van der Waals surface area contributed by atoms with Gasteiger partial charge < -0.3 is 10.5 Å². The first kappa shape index (κ1) is 11.7. The average Bonchev–Trinajstić information content (AvgIpc) is 2.16. The van der Waals surface area contributed by atoms with Crippen LogP contribution in [0.1, 0.15) is 29.8 Å². The van der Waals surface area contributed by atoms with Gasteiger partial charge in [-0.2, -0.15) is 0 Å². The Bertz CT molecular complexity index is 353. The van der Waals surface area contributed by atoms with Crippen molar-refractivity contribution in [3.05, 3.63) is 29.3 Å². The van der Waals surface area contributed by atoms with E-state index in [0.29, 0.717) is 17.7 Å². The van der Waals surface area contributed by atoms with Gasteiger partial charge in [0.1, 0.15) is 12.0 Å². The van der Waals surface area contributed by atoms with Crippen LogP contribution in [0.4, 0.5) is 0 Å². The first-order chi connectivity index (χ1) is 6.96. The lowest BCUT2D eigenvalue weighted by molar-refractivity contribution is 0.112. The lowest BCUT2D eigenvalue weighted by Crippen LogP contribution is -2.34. The number of hydrogen-bond acceptors (Lipinski definition) is 3. The van der Waals surface area contributed by atoms with Crippen LogP contribution in [0.3, 0.4) is 0 Å². The van der Waals surface area contributed by atoms with Crippen LogP contribution in [0.15, 0.2) is 18.2 Å². The zero-order valence-corrected chi connectivity index (χ0v) is 9.41. The highest BCUT2D eigenvalue weighted by Gasteiger charge is 2.14. The summed E-state index contributed by atoms with van der Waals surface area (Å²) in [7, 11) is 1.58. The van der Waals surface area contributed by atoms with Crippen LogP contribution in [0.2, 0.25) is 0 Å². The van der Waals surface area contributed by atoms with E-state index in [-0.39, 0.29) is 5.54 Å². The monoisotopic (exact) mass is 207 g/mol. The van der Waals surface area contributed by atoms with Crippen molar-refractivity contribution in [2.24, 2.45) is 5.73 Å². The van der Waals surface area contributed by atoms with Crippen LogP contribution in [0.5, 0.6) is 5.75 Å². The van der Waals surface area contributed by atoms with Gasteiger partial charge in [-0.15, -0.1) is 0 Å². The van der Waals surface area contributed by atoms with Gasteiger partial charge in [0, 0.05) is 11.1 Å². The van der Waals surface area contributed by atoms with Gasteiger partial charge in [-0.3, -0.25) is 4.79 Å². The summed E-state index contributed by atoms with van der Waals surface area (Å²) in [5, 5.41) is 0. The van der Waals surface area contributed by atoms with Gasteiger partial charge in [0.15, 0.2) is 0 Å². The van der Waals surface area contributed by atoms with E-state index in [2.05, 4.69) is 0 Å². The molecule has 0 aliphatic heterocycles. The molecule has 3 nitrogen and oxygen atoms in total. The molecule has 1 aromatic carbocycles. The number of carbonyl (C=O) groups is 1. The first-order valence-electron chi connectivity index (χ1n) is 4.87. The molecule has 0 saturated carbocycles. The van der Waals surface area contributed by atoms with Crippen LogP contribution in [0, 0.1) is 0 Å². The minimum atomic E-state index is -0.313. The smallest absolute Gasteiger partial charge is 0.150 e. The molecule has 0 unspecified atom stereocenters. The van der Waals surface area contributed by atoms with Crippen molar-refractivity contribution in [1.82, 2.24) is 0 Å². The van der Waals surface area contributed by atoms with E-state index in [1.54, 1.807) is 13.2 Å². The Kier molecular flexibility index (Phi) is 3.48. The predicted molar refractivity (Wildman–Crippen MR) is 60.4 cm³/mol. The fraction of sp³-hybridized carbons (Fsp3) is 0.417. The van der Waals surface area contributed by atoms with Crippen molar-refractivity contribution in [3.63, 3.8) is 0 Å². The van der Waals surface area contributed by atoms with Crippen molar-refractivity contribution in [2.75, 3.05) is 7.11 Å². The molecule has 0 saturated heterocycles. The number of aldehydes is 1. The second-order valence-corrected chi connectivity index (χ2v) is 4.35. The molecule has 0 radical (unpaired) electrons. The van der Waals surface area contributed by atoms with Gasteiger partial charge in [-0.25, -0.2) is 0 Å². The number of nitrogens with two attached hydrogens (primary N) is 1. The summed E-state index contributed by atoms with van der Waals surface area (Å²) in [4.78, 5) is 10.9. The standard InChI is InChI=1S/C12H17NO2/c1-12(2,13)7-9-4-5-11(15-3)6-10(9)8-14/h4-6,8H,7,13H2,1-3H3. The summed E-state index contributed by atoms with van der Waals surface area (Å²) in [5.74, 6) is 0.690. The molecule has 2 N–H and O–H groups in total. The van der Waals surface area contributed by atoms with Gasteiger partial charge >= 0.3 is 0 Å². The number of ether oxygens (including phenoxy) is 1. The average molecular weight is 207 g/mol. The zero-order chi connectivity index (χ0) is 11.5. The van der Waals surface area contributed by atoms with Gasteiger partial charge in [-0.05, 0) is 38.0 Å². The number of benzene rings is 1. The molecule has 0 aromatic heterocycles. The third kappa shape index (κ3) is 3.36. The van der Waals surface area contributed by atoms with Crippen LogP contribution >= 0.6 is 0 Å². The Hall–Kier alpha value is -1.35. The van der Waals surface area contributed by atoms with E-state index < -0.39 is 0 Å². The lowest BCUT2D eigenvalue weighted by Gasteiger charge is -2.19. The van der Waals surface area contributed by atoms with Crippen molar-refractivity contribution >= 4 is 6.29 Å². The van der Waals surface area contributed by atoms with Crippen LogP contribution < -0.4 is 10.5 Å². The van der Waals surface area contributed by atoms with Crippen molar-refractivity contribution < 1.29 is 9.53 Å². The van der Waals surface area contributed by atoms with E-state index in [4.69, 9.17) is 10.5 Å². The summed E-state index contributed by atoms with van der Waals surface area (Å²) in [6, 6.07) is 5.46. The number of carbonyl (C=O) groups excluding carboxylic acids is 1. The molecule has 0 spiro atoms. The molecule has 0 heterocycles. The third-order valence-electron chi connectivity index (χ3n) is 2.13. The van der Waals surface area contributed by atoms with E-state index in [1.807, 2.05) is 26.0 Å². The molecule has 1 rings (SSSR count). The molecular weight excluding hydrogens is 190 g/mol. The van der Waals surface area contributed by atoms with Gasteiger partial charge in [0.05, 0.1) is 7.11 Å². The lowest BCUT2D eigenvalue weighted by atomic mass is 9.93. The third-order valence-corrected chi connectivity index (χ3v) is 2.13. The fourth-order valence-electron chi connectivity index (χ4n) is 1.46. The minimum absolute atomic E-state index is 0.313. The Morgan fingerprint density at radius 3 is 2.60 bits per heavy atom. The molecular formula is C12H17NO2. The maximum atomic E-state index is 10.9. The number of rotatable bonds is 4. The summed E-state index contributed by atoms with van der Waals surface area (Å²) >= 11 is 0. The molecule has 0 atom stereocenters. The van der Waals surface area contributed by atoms with E-state index in [0.717, 1.165) is 11.8 Å². The molecule has 0 fully saturated rings. The SMILES string of the molecule is COc1ccc(CC(C)(C)N)c(C=O)c1. The Morgan fingerprint density at radius 1 is 1.47 bits per heavy atom. The maximum Gasteiger partial charge on any atom is 0.150 e. The van der Waals surface area contributed by atoms with E-state index in [1.165, 1.54) is 0 Å². The topological polar surface area (TPSA) is 52.3 Å². The minimum Gasteiger partial charge on any atom is -0.497 e. The van der Waals surface area contributed by atoms with Crippen LogP contribution in [0.25, 0.3) is 0 Å². The summed E-state index contributed by atoms with van der Waals surface area (Å²) < 4.78 is 5.05. The quantitative estimate of drug-likeness (QED) is 0.766. The van der Waals surface area contributed by atoms with E-state index in [9.17, 15) is 4.79 Å². The maximum absolute atomic E-state index is 10.9. The zero-order valence-electron chi connectivity index (χ0n) is 9.41. The summed E-state index contributed by atoms with van der Waals surface area (Å²) in [5.41, 5.74) is 7.20. The van der Waals surface area contributed by atoms with Crippen molar-refractivity contribution in [1.29, 1.82) is 0 Å². The second kappa shape index (κ2) is 4.45. The Balaban J connectivity index is 3.03. The second-order valence-electron chi connectivity index (χ2n) is 4.35. The van der Waals surface area contributed by atoms with Crippen molar-refractivity contribution in [2.45, 2.75) is 25.8 Å². The molecule has 0 aliphatic rings. The number of methoxy groups -OCH3 is 1. The molecule has 15 heavy (non-hydrogen) atoms. The van der Waals surface area contributed by atoms with E-state index >= 15 is 0 Å². The van der Waals surface area contributed by atoms with Crippen LogP contribution in [-0.2, 0) is 6.42 Å².